The predicted molar refractivity (Wildman–Crippen MR) is 117 cm³/mol. The summed E-state index contributed by atoms with van der Waals surface area (Å²) in [5.74, 6) is -0.315. The molecule has 0 atom stereocenters. The Bertz CT molecular complexity index is 1030. The first kappa shape index (κ1) is 21.1. The zero-order valence-corrected chi connectivity index (χ0v) is 17.4. The van der Waals surface area contributed by atoms with E-state index >= 15 is 0 Å². The quantitative estimate of drug-likeness (QED) is 0.606. The van der Waals surface area contributed by atoms with Crippen molar-refractivity contribution in [1.29, 1.82) is 0 Å². The van der Waals surface area contributed by atoms with Gasteiger partial charge in [0.05, 0.1) is 29.8 Å². The summed E-state index contributed by atoms with van der Waals surface area (Å²) in [6, 6.07) is 17.1. The SMILES string of the molecule is COc1ccc(NC(=O)CN(C)C(=O)c2ccccc2NC(=O)c2cccs2)cc1. The van der Waals surface area contributed by atoms with Crippen LogP contribution in [-0.4, -0.2) is 43.3 Å². The van der Waals surface area contributed by atoms with E-state index in [0.717, 1.165) is 0 Å². The minimum absolute atomic E-state index is 0.141. The highest BCUT2D eigenvalue weighted by molar-refractivity contribution is 7.12. The van der Waals surface area contributed by atoms with Gasteiger partial charge in [0, 0.05) is 12.7 Å². The van der Waals surface area contributed by atoms with E-state index in [0.29, 0.717) is 27.6 Å². The van der Waals surface area contributed by atoms with Crippen molar-refractivity contribution in [3.8, 4) is 5.75 Å². The number of hydrogen-bond acceptors (Lipinski definition) is 5. The lowest BCUT2D eigenvalue weighted by Crippen LogP contribution is -2.35. The minimum Gasteiger partial charge on any atom is -0.497 e. The Balaban J connectivity index is 1.65. The molecule has 7 nitrogen and oxygen atoms in total. The molecule has 0 aliphatic rings. The standard InChI is InChI=1S/C22H21N3O4S/c1-25(14-20(26)23-15-9-11-16(29-2)12-10-15)22(28)17-6-3-4-7-18(17)24-21(27)19-8-5-13-30-19/h3-13H,14H2,1-2H3,(H,23,26)(H,24,27). The monoisotopic (exact) mass is 423 g/mol. The van der Waals surface area contributed by atoms with Crippen molar-refractivity contribution in [1.82, 2.24) is 4.90 Å². The van der Waals surface area contributed by atoms with Gasteiger partial charge < -0.3 is 20.3 Å². The molecule has 0 aliphatic heterocycles. The highest BCUT2D eigenvalue weighted by Gasteiger charge is 2.19. The Morgan fingerprint density at radius 3 is 2.37 bits per heavy atom. The van der Waals surface area contributed by atoms with Gasteiger partial charge in [-0.25, -0.2) is 0 Å². The van der Waals surface area contributed by atoms with Crippen molar-refractivity contribution in [2.45, 2.75) is 0 Å². The van der Waals surface area contributed by atoms with E-state index in [9.17, 15) is 14.4 Å². The van der Waals surface area contributed by atoms with Crippen LogP contribution in [0.4, 0.5) is 11.4 Å². The lowest BCUT2D eigenvalue weighted by molar-refractivity contribution is -0.116. The molecule has 0 bridgehead atoms. The largest absolute Gasteiger partial charge is 0.497 e. The lowest BCUT2D eigenvalue weighted by Gasteiger charge is -2.19. The van der Waals surface area contributed by atoms with Crippen molar-refractivity contribution in [3.05, 3.63) is 76.5 Å². The fraction of sp³-hybridized carbons (Fsp3) is 0.136. The summed E-state index contributed by atoms with van der Waals surface area (Å²) in [5.41, 5.74) is 1.30. The average molecular weight is 423 g/mol. The molecule has 3 rings (SSSR count). The highest BCUT2D eigenvalue weighted by atomic mass is 32.1. The lowest BCUT2D eigenvalue weighted by atomic mass is 10.1. The van der Waals surface area contributed by atoms with E-state index in [1.807, 2.05) is 0 Å². The third kappa shape index (κ3) is 5.24. The first-order valence-corrected chi connectivity index (χ1v) is 9.99. The molecule has 0 unspecified atom stereocenters. The maximum absolute atomic E-state index is 12.9. The van der Waals surface area contributed by atoms with Gasteiger partial charge in [0.2, 0.25) is 5.91 Å². The molecule has 0 aliphatic carbocycles. The van der Waals surface area contributed by atoms with Gasteiger partial charge in [0.1, 0.15) is 5.75 Å². The summed E-state index contributed by atoms with van der Waals surface area (Å²) in [5, 5.41) is 7.31. The first-order valence-electron chi connectivity index (χ1n) is 9.11. The van der Waals surface area contributed by atoms with Crippen LogP contribution in [0, 0.1) is 0 Å². The van der Waals surface area contributed by atoms with Crippen LogP contribution in [-0.2, 0) is 4.79 Å². The van der Waals surface area contributed by atoms with Crippen LogP contribution in [0.5, 0.6) is 5.75 Å². The van der Waals surface area contributed by atoms with E-state index in [1.165, 1.54) is 23.3 Å². The van der Waals surface area contributed by atoms with Crippen LogP contribution in [0.15, 0.2) is 66.0 Å². The van der Waals surface area contributed by atoms with Gasteiger partial charge in [-0.3, -0.25) is 14.4 Å². The molecule has 3 amide bonds. The number of carbonyl (C=O) groups excluding carboxylic acids is 3. The number of methoxy groups -OCH3 is 1. The summed E-state index contributed by atoms with van der Waals surface area (Å²) in [7, 11) is 3.10. The smallest absolute Gasteiger partial charge is 0.265 e. The number of benzene rings is 2. The molecular formula is C22H21N3O4S. The maximum Gasteiger partial charge on any atom is 0.265 e. The average Bonchev–Trinajstić information content (AvgIpc) is 3.29. The zero-order valence-electron chi connectivity index (χ0n) is 16.5. The molecule has 1 heterocycles. The third-order valence-corrected chi connectivity index (χ3v) is 5.12. The topological polar surface area (TPSA) is 87.7 Å². The minimum atomic E-state index is -0.373. The molecular weight excluding hydrogens is 402 g/mol. The van der Waals surface area contributed by atoms with Gasteiger partial charge in [-0.2, -0.15) is 0 Å². The van der Waals surface area contributed by atoms with Gasteiger partial charge in [-0.15, -0.1) is 11.3 Å². The van der Waals surface area contributed by atoms with Crippen LogP contribution < -0.4 is 15.4 Å². The number of rotatable bonds is 7. The second kappa shape index (κ2) is 9.71. The highest BCUT2D eigenvalue weighted by Crippen LogP contribution is 2.20. The van der Waals surface area contributed by atoms with E-state index < -0.39 is 0 Å². The molecule has 0 saturated carbocycles. The normalized spacial score (nSPS) is 10.2. The van der Waals surface area contributed by atoms with Crippen LogP contribution in [0.1, 0.15) is 20.0 Å². The number of thiophene rings is 1. The summed E-state index contributed by atoms with van der Waals surface area (Å²) < 4.78 is 5.09. The zero-order chi connectivity index (χ0) is 21.5. The molecule has 2 N–H and O–H groups in total. The third-order valence-electron chi connectivity index (χ3n) is 4.25. The molecule has 0 spiro atoms. The van der Waals surface area contributed by atoms with E-state index in [1.54, 1.807) is 73.2 Å². The molecule has 8 heteroatoms. The first-order chi connectivity index (χ1) is 14.5. The molecule has 2 aromatic carbocycles. The van der Waals surface area contributed by atoms with Crippen LogP contribution in [0.2, 0.25) is 0 Å². The van der Waals surface area contributed by atoms with E-state index in [-0.39, 0.29) is 24.3 Å². The summed E-state index contributed by atoms with van der Waals surface area (Å²) in [4.78, 5) is 39.4. The number of para-hydroxylation sites is 1. The number of hydrogen-bond donors (Lipinski definition) is 2. The van der Waals surface area contributed by atoms with Gasteiger partial charge >= 0.3 is 0 Å². The summed E-state index contributed by atoms with van der Waals surface area (Å²) in [6.45, 7) is -0.141. The molecule has 154 valence electrons. The fourth-order valence-corrected chi connectivity index (χ4v) is 3.36. The maximum atomic E-state index is 12.9. The van der Waals surface area contributed by atoms with E-state index in [2.05, 4.69) is 10.6 Å². The van der Waals surface area contributed by atoms with Crippen molar-refractivity contribution < 1.29 is 19.1 Å². The van der Waals surface area contributed by atoms with Gasteiger partial charge in [0.25, 0.3) is 11.8 Å². The molecule has 30 heavy (non-hydrogen) atoms. The predicted octanol–water partition coefficient (Wildman–Crippen LogP) is 3.72. The van der Waals surface area contributed by atoms with Gasteiger partial charge in [0.15, 0.2) is 0 Å². The Labute approximate surface area is 178 Å². The van der Waals surface area contributed by atoms with Gasteiger partial charge in [-0.1, -0.05) is 18.2 Å². The second-order valence-electron chi connectivity index (χ2n) is 6.41. The summed E-state index contributed by atoms with van der Waals surface area (Å²) in [6.07, 6.45) is 0. The van der Waals surface area contributed by atoms with Crippen LogP contribution in [0.3, 0.4) is 0 Å². The number of ether oxygens (including phenoxy) is 1. The summed E-state index contributed by atoms with van der Waals surface area (Å²) >= 11 is 1.31. The number of anilines is 2. The van der Waals surface area contributed by atoms with Gasteiger partial charge in [-0.05, 0) is 47.8 Å². The number of nitrogens with zero attached hydrogens (tertiary/aromatic N) is 1. The number of carbonyl (C=O) groups is 3. The Morgan fingerprint density at radius 2 is 1.70 bits per heavy atom. The van der Waals surface area contributed by atoms with E-state index in [4.69, 9.17) is 4.74 Å². The fourth-order valence-electron chi connectivity index (χ4n) is 2.74. The van der Waals surface area contributed by atoms with Crippen molar-refractivity contribution in [2.75, 3.05) is 31.3 Å². The Morgan fingerprint density at radius 1 is 0.967 bits per heavy atom. The van der Waals surface area contributed by atoms with Crippen molar-refractivity contribution in [2.24, 2.45) is 0 Å². The number of amides is 3. The van der Waals surface area contributed by atoms with Crippen molar-refractivity contribution >= 4 is 40.4 Å². The molecule has 1 aromatic heterocycles. The molecule has 3 aromatic rings. The van der Waals surface area contributed by atoms with Crippen LogP contribution >= 0.6 is 11.3 Å². The number of likely N-dealkylation sites (N-methyl/N-ethyl adjacent to an activating group) is 1. The molecule has 0 radical (unpaired) electrons. The second-order valence-corrected chi connectivity index (χ2v) is 7.36. The Kier molecular flexibility index (Phi) is 6.82. The molecule has 0 fully saturated rings. The number of nitrogens with one attached hydrogen (secondary N) is 2. The Hall–Kier alpha value is -3.65. The van der Waals surface area contributed by atoms with Crippen LogP contribution in [0.25, 0.3) is 0 Å². The van der Waals surface area contributed by atoms with Crippen molar-refractivity contribution in [3.63, 3.8) is 0 Å². The molecule has 0 saturated heterocycles.